The lowest BCUT2D eigenvalue weighted by Gasteiger charge is -2.03. The monoisotopic (exact) mass is 331 g/mol. The van der Waals surface area contributed by atoms with Crippen LogP contribution in [0.3, 0.4) is 0 Å². The van der Waals surface area contributed by atoms with E-state index in [4.69, 9.17) is 0 Å². The molecule has 2 heterocycles. The van der Waals surface area contributed by atoms with Crippen LogP contribution in [0.1, 0.15) is 18.9 Å². The van der Waals surface area contributed by atoms with Crippen LogP contribution in [0.5, 0.6) is 0 Å². The molecule has 2 aromatic rings. The van der Waals surface area contributed by atoms with E-state index in [2.05, 4.69) is 50.7 Å². The molecule has 2 aromatic heterocycles. The molecule has 0 fully saturated rings. The van der Waals surface area contributed by atoms with Gasteiger partial charge >= 0.3 is 0 Å². The number of hydrogen-bond acceptors (Lipinski definition) is 5. The van der Waals surface area contributed by atoms with E-state index in [1.165, 1.54) is 0 Å². The summed E-state index contributed by atoms with van der Waals surface area (Å²) >= 11 is 6.86. The van der Waals surface area contributed by atoms with Gasteiger partial charge in [-0.05, 0) is 39.8 Å². The van der Waals surface area contributed by atoms with E-state index in [1.54, 1.807) is 22.7 Å². The lowest BCUT2D eigenvalue weighted by molar-refractivity contribution is 0.550. The number of thiophene rings is 1. The maximum absolute atomic E-state index is 4.23. The quantitative estimate of drug-likeness (QED) is 0.906. The number of nitrogens with zero attached hydrogens (tertiary/aromatic N) is 2. The second-order valence-corrected chi connectivity index (χ2v) is 6.96. The van der Waals surface area contributed by atoms with E-state index in [9.17, 15) is 0 Å². The maximum atomic E-state index is 4.23. The van der Waals surface area contributed by atoms with E-state index >= 15 is 0 Å². The van der Waals surface area contributed by atoms with Gasteiger partial charge < -0.3 is 5.32 Å². The van der Waals surface area contributed by atoms with Gasteiger partial charge in [-0.3, -0.25) is 0 Å². The van der Waals surface area contributed by atoms with Crippen LogP contribution < -0.4 is 5.32 Å². The third kappa shape index (κ3) is 3.58. The van der Waals surface area contributed by atoms with Crippen molar-refractivity contribution in [3.63, 3.8) is 0 Å². The number of hydrogen-bond donors (Lipinski definition) is 1. The highest BCUT2D eigenvalue weighted by atomic mass is 79.9. The Morgan fingerprint density at radius 2 is 2.24 bits per heavy atom. The van der Waals surface area contributed by atoms with Gasteiger partial charge in [0, 0.05) is 11.0 Å². The third-order valence-corrected chi connectivity index (χ3v) is 5.02. The molecular formula is C11H14BrN3S2. The zero-order valence-corrected chi connectivity index (χ0v) is 13.0. The van der Waals surface area contributed by atoms with Crippen LogP contribution in [0.4, 0.5) is 0 Å². The highest BCUT2D eigenvalue weighted by molar-refractivity contribution is 9.10. The van der Waals surface area contributed by atoms with Crippen LogP contribution in [0.15, 0.2) is 15.9 Å². The van der Waals surface area contributed by atoms with Crippen LogP contribution in [0.25, 0.3) is 9.88 Å². The van der Waals surface area contributed by atoms with Crippen LogP contribution >= 0.6 is 38.6 Å². The molecule has 0 unspecified atom stereocenters. The van der Waals surface area contributed by atoms with E-state index in [0.717, 1.165) is 32.5 Å². The van der Waals surface area contributed by atoms with Gasteiger partial charge in [0.25, 0.3) is 0 Å². The Morgan fingerprint density at radius 3 is 2.88 bits per heavy atom. The summed E-state index contributed by atoms with van der Waals surface area (Å²) < 4.78 is 1.10. The predicted octanol–water partition coefficient (Wildman–Crippen LogP) is 3.77. The first-order valence-electron chi connectivity index (χ1n) is 5.43. The number of halogens is 1. The number of nitrogens with one attached hydrogen (secondary N) is 1. The molecule has 0 aromatic carbocycles. The largest absolute Gasteiger partial charge is 0.310 e. The van der Waals surface area contributed by atoms with Crippen LogP contribution in [-0.4, -0.2) is 16.7 Å². The van der Waals surface area contributed by atoms with E-state index < -0.39 is 0 Å². The van der Waals surface area contributed by atoms with Crippen molar-refractivity contribution in [1.82, 2.24) is 15.5 Å². The Balaban J connectivity index is 1.99. The molecule has 0 amide bonds. The minimum absolute atomic E-state index is 0.661. The van der Waals surface area contributed by atoms with Crippen molar-refractivity contribution in [2.45, 2.75) is 20.4 Å². The molecule has 0 saturated carbocycles. The molecule has 17 heavy (non-hydrogen) atoms. The fourth-order valence-electron chi connectivity index (χ4n) is 1.33. The van der Waals surface area contributed by atoms with Gasteiger partial charge in [-0.1, -0.05) is 25.2 Å². The second kappa shape index (κ2) is 6.04. The summed E-state index contributed by atoms with van der Waals surface area (Å²) in [6.45, 7) is 6.21. The van der Waals surface area contributed by atoms with Crippen LogP contribution in [0.2, 0.25) is 0 Å². The third-order valence-electron chi connectivity index (χ3n) is 2.11. The van der Waals surface area contributed by atoms with E-state index in [0.29, 0.717) is 5.92 Å². The van der Waals surface area contributed by atoms with Crippen molar-refractivity contribution in [1.29, 1.82) is 0 Å². The fourth-order valence-corrected chi connectivity index (χ4v) is 3.93. The first-order valence-corrected chi connectivity index (χ1v) is 7.92. The van der Waals surface area contributed by atoms with Crippen molar-refractivity contribution in [2.75, 3.05) is 6.54 Å². The minimum atomic E-state index is 0.661. The summed E-state index contributed by atoms with van der Waals surface area (Å²) in [5, 5.41) is 15.9. The smallest absolute Gasteiger partial charge is 0.159 e. The first-order chi connectivity index (χ1) is 8.16. The summed E-state index contributed by atoms with van der Waals surface area (Å²) in [5.74, 6) is 0.661. The Morgan fingerprint density at radius 1 is 1.41 bits per heavy atom. The van der Waals surface area contributed by atoms with Gasteiger partial charge in [0.05, 0.1) is 4.88 Å². The van der Waals surface area contributed by atoms with Crippen molar-refractivity contribution in [3.8, 4) is 9.88 Å². The van der Waals surface area contributed by atoms with Crippen molar-refractivity contribution < 1.29 is 0 Å². The molecule has 92 valence electrons. The average Bonchev–Trinajstić information content (AvgIpc) is 2.86. The maximum Gasteiger partial charge on any atom is 0.159 e. The fraction of sp³-hybridized carbons (Fsp3) is 0.455. The standard InChI is InChI=1S/C11H14BrN3S2/c1-7(2)5-13-6-9-14-15-11(17-9)10-8(12)3-4-16-10/h3-4,7,13H,5-6H2,1-2H3. The highest BCUT2D eigenvalue weighted by Crippen LogP contribution is 2.34. The average molecular weight is 332 g/mol. The van der Waals surface area contributed by atoms with Crippen molar-refractivity contribution >= 4 is 38.6 Å². The zero-order chi connectivity index (χ0) is 12.3. The Kier molecular flexibility index (Phi) is 4.67. The van der Waals surface area contributed by atoms with E-state index in [1.807, 2.05) is 6.07 Å². The summed E-state index contributed by atoms with van der Waals surface area (Å²) in [5.41, 5.74) is 0. The minimum Gasteiger partial charge on any atom is -0.310 e. The molecule has 0 bridgehead atoms. The molecule has 2 rings (SSSR count). The van der Waals surface area contributed by atoms with Crippen molar-refractivity contribution in [3.05, 3.63) is 20.9 Å². The molecule has 0 saturated heterocycles. The van der Waals surface area contributed by atoms with E-state index in [-0.39, 0.29) is 0 Å². The lowest BCUT2D eigenvalue weighted by atomic mass is 10.2. The molecule has 0 aliphatic carbocycles. The summed E-state index contributed by atoms with van der Waals surface area (Å²) in [7, 11) is 0. The SMILES string of the molecule is CC(C)CNCc1nnc(-c2sccc2Br)s1. The van der Waals surface area contributed by atoms with Gasteiger partial charge in [0.2, 0.25) is 0 Å². The molecule has 0 aliphatic rings. The molecule has 0 spiro atoms. The van der Waals surface area contributed by atoms with Crippen molar-refractivity contribution in [2.24, 2.45) is 5.92 Å². The Bertz CT molecular complexity index is 479. The highest BCUT2D eigenvalue weighted by Gasteiger charge is 2.10. The van der Waals surface area contributed by atoms with Gasteiger partial charge in [-0.15, -0.1) is 21.5 Å². The molecule has 6 heteroatoms. The number of aromatic nitrogens is 2. The topological polar surface area (TPSA) is 37.8 Å². The molecular weight excluding hydrogens is 318 g/mol. The summed E-state index contributed by atoms with van der Waals surface area (Å²) in [4.78, 5) is 1.16. The Hall–Kier alpha value is -0.300. The van der Waals surface area contributed by atoms with Gasteiger partial charge in [-0.2, -0.15) is 0 Å². The van der Waals surface area contributed by atoms with Gasteiger partial charge in [0.15, 0.2) is 5.01 Å². The van der Waals surface area contributed by atoms with Crippen LogP contribution in [0, 0.1) is 5.92 Å². The molecule has 1 N–H and O–H groups in total. The second-order valence-electron chi connectivity index (χ2n) is 4.12. The molecule has 0 atom stereocenters. The molecule has 3 nitrogen and oxygen atoms in total. The summed E-state index contributed by atoms with van der Waals surface area (Å²) in [6.07, 6.45) is 0. The first kappa shape index (κ1) is 13.1. The zero-order valence-electron chi connectivity index (χ0n) is 9.74. The summed E-state index contributed by atoms with van der Waals surface area (Å²) in [6, 6.07) is 2.04. The van der Waals surface area contributed by atoms with Crippen LogP contribution in [-0.2, 0) is 6.54 Å². The number of rotatable bonds is 5. The molecule has 0 aliphatic heterocycles. The molecule has 0 radical (unpaired) electrons. The van der Waals surface area contributed by atoms with Gasteiger partial charge in [0.1, 0.15) is 5.01 Å². The Labute approximate surface area is 117 Å². The van der Waals surface area contributed by atoms with Gasteiger partial charge in [-0.25, -0.2) is 0 Å². The normalized spacial score (nSPS) is 11.3. The predicted molar refractivity (Wildman–Crippen MR) is 77.5 cm³/mol. The lowest BCUT2D eigenvalue weighted by Crippen LogP contribution is -2.18.